The van der Waals surface area contributed by atoms with Crippen LogP contribution in [0, 0.1) is 0 Å². The van der Waals surface area contributed by atoms with Crippen molar-refractivity contribution in [1.29, 1.82) is 0 Å². The maximum Gasteiger partial charge on any atom is 0.219 e. The normalized spacial score (nSPS) is 9.93. The number of thioether (sulfide) groups is 1. The Balaban J connectivity index is 2.60. The molecule has 0 aromatic carbocycles. The van der Waals surface area contributed by atoms with E-state index >= 15 is 0 Å². The average Bonchev–Trinajstić information content (AvgIpc) is 2.16. The maximum absolute atomic E-state index is 10.5. The third kappa shape index (κ3) is 4.03. The summed E-state index contributed by atoms with van der Waals surface area (Å²) in [5.74, 6) is 0.652. The predicted molar refractivity (Wildman–Crippen MR) is 60.5 cm³/mol. The Labute approximate surface area is 91.8 Å². The van der Waals surface area contributed by atoms with E-state index in [0.717, 1.165) is 0 Å². The lowest BCUT2D eigenvalue weighted by Gasteiger charge is -2.05. The van der Waals surface area contributed by atoms with E-state index < -0.39 is 0 Å². The highest BCUT2D eigenvalue weighted by Gasteiger charge is 2.01. The number of nitrogens with zero attached hydrogens (tertiary/aromatic N) is 2. The summed E-state index contributed by atoms with van der Waals surface area (Å²) in [7, 11) is 0. The molecule has 1 aromatic heterocycles. The van der Waals surface area contributed by atoms with Gasteiger partial charge in [0, 0.05) is 19.0 Å². The SMILES string of the molecule is CSc1nc(N)cc(NCCC(N)=O)n1. The molecule has 82 valence electrons. The van der Waals surface area contributed by atoms with Crippen LogP contribution >= 0.6 is 11.8 Å². The summed E-state index contributed by atoms with van der Waals surface area (Å²) in [6.45, 7) is 0.444. The minimum absolute atomic E-state index is 0.262. The quantitative estimate of drug-likeness (QED) is 0.485. The summed E-state index contributed by atoms with van der Waals surface area (Å²) < 4.78 is 0. The van der Waals surface area contributed by atoms with E-state index in [1.165, 1.54) is 11.8 Å². The number of nitrogen functional groups attached to an aromatic ring is 1. The highest BCUT2D eigenvalue weighted by Crippen LogP contribution is 2.14. The number of hydrogen-bond donors (Lipinski definition) is 3. The first-order valence-corrected chi connectivity index (χ1v) is 5.55. The molecule has 0 fully saturated rings. The zero-order valence-electron chi connectivity index (χ0n) is 8.36. The van der Waals surface area contributed by atoms with Gasteiger partial charge >= 0.3 is 0 Å². The van der Waals surface area contributed by atoms with Gasteiger partial charge in [0.2, 0.25) is 5.91 Å². The van der Waals surface area contributed by atoms with E-state index in [9.17, 15) is 4.79 Å². The molecule has 1 aromatic rings. The molecule has 0 aliphatic heterocycles. The summed E-state index contributed by atoms with van der Waals surface area (Å²) in [5.41, 5.74) is 10.6. The van der Waals surface area contributed by atoms with Crippen molar-refractivity contribution in [3.63, 3.8) is 0 Å². The van der Waals surface area contributed by atoms with E-state index in [4.69, 9.17) is 11.5 Å². The fourth-order valence-electron chi connectivity index (χ4n) is 0.939. The topological polar surface area (TPSA) is 107 Å². The Morgan fingerprint density at radius 2 is 2.33 bits per heavy atom. The molecule has 7 heteroatoms. The van der Waals surface area contributed by atoms with Gasteiger partial charge in [-0.15, -0.1) is 0 Å². The van der Waals surface area contributed by atoms with Gasteiger partial charge in [0.15, 0.2) is 5.16 Å². The van der Waals surface area contributed by atoms with E-state index in [2.05, 4.69) is 15.3 Å². The Morgan fingerprint density at radius 1 is 1.60 bits per heavy atom. The van der Waals surface area contributed by atoms with Gasteiger partial charge in [-0.25, -0.2) is 9.97 Å². The number of nitrogens with two attached hydrogens (primary N) is 2. The summed E-state index contributed by atoms with van der Waals surface area (Å²) >= 11 is 1.40. The number of nitrogens with one attached hydrogen (secondary N) is 1. The smallest absolute Gasteiger partial charge is 0.219 e. The lowest BCUT2D eigenvalue weighted by molar-refractivity contribution is -0.117. The van der Waals surface area contributed by atoms with Crippen LogP contribution in [-0.2, 0) is 4.79 Å². The molecule has 0 unspecified atom stereocenters. The Bertz CT molecular complexity index is 357. The first kappa shape index (κ1) is 11.6. The number of anilines is 2. The number of rotatable bonds is 5. The van der Waals surface area contributed by atoms with E-state index in [1.54, 1.807) is 6.07 Å². The number of hydrogen-bond acceptors (Lipinski definition) is 6. The standard InChI is InChI=1S/C8H13N5OS/c1-15-8-12-5(9)4-7(13-8)11-3-2-6(10)14/h4H,2-3H2,1H3,(H2,10,14)(H3,9,11,12,13). The van der Waals surface area contributed by atoms with E-state index in [0.29, 0.717) is 23.3 Å². The molecule has 0 saturated carbocycles. The molecule has 0 bridgehead atoms. The van der Waals surface area contributed by atoms with Crippen LogP contribution in [-0.4, -0.2) is 28.7 Å². The molecular formula is C8H13N5OS. The highest BCUT2D eigenvalue weighted by atomic mass is 32.2. The Morgan fingerprint density at radius 3 is 2.93 bits per heavy atom. The summed E-state index contributed by atoms with van der Waals surface area (Å²) in [6, 6.07) is 1.61. The summed E-state index contributed by atoms with van der Waals surface area (Å²) in [4.78, 5) is 18.7. The van der Waals surface area contributed by atoms with Crippen molar-refractivity contribution < 1.29 is 4.79 Å². The van der Waals surface area contributed by atoms with Crippen LogP contribution in [0.1, 0.15) is 6.42 Å². The van der Waals surface area contributed by atoms with Gasteiger partial charge in [0.25, 0.3) is 0 Å². The second-order valence-corrected chi connectivity index (χ2v) is 3.58. The maximum atomic E-state index is 10.5. The first-order valence-electron chi connectivity index (χ1n) is 4.32. The molecule has 5 N–H and O–H groups in total. The number of primary amides is 1. The van der Waals surface area contributed by atoms with Gasteiger partial charge in [-0.2, -0.15) is 0 Å². The summed E-state index contributed by atoms with van der Waals surface area (Å²) in [6.07, 6.45) is 2.13. The van der Waals surface area contributed by atoms with Gasteiger partial charge in [-0.05, 0) is 6.26 Å². The monoisotopic (exact) mass is 227 g/mol. The minimum atomic E-state index is -0.352. The van der Waals surface area contributed by atoms with Crippen molar-refractivity contribution in [3.8, 4) is 0 Å². The van der Waals surface area contributed by atoms with Crippen molar-refractivity contribution in [1.82, 2.24) is 9.97 Å². The van der Waals surface area contributed by atoms with Gasteiger partial charge in [-0.3, -0.25) is 4.79 Å². The van der Waals surface area contributed by atoms with Crippen molar-refractivity contribution in [2.75, 3.05) is 23.9 Å². The van der Waals surface area contributed by atoms with Gasteiger partial charge in [-0.1, -0.05) is 11.8 Å². The molecule has 15 heavy (non-hydrogen) atoms. The molecule has 0 atom stereocenters. The van der Waals surface area contributed by atoms with Crippen LogP contribution < -0.4 is 16.8 Å². The summed E-state index contributed by atoms with van der Waals surface area (Å²) in [5, 5.41) is 3.54. The molecule has 1 amide bonds. The fraction of sp³-hybridized carbons (Fsp3) is 0.375. The number of carbonyl (C=O) groups excluding carboxylic acids is 1. The fourth-order valence-corrected chi connectivity index (χ4v) is 1.33. The lowest BCUT2D eigenvalue weighted by Crippen LogP contribution is -2.16. The molecule has 1 rings (SSSR count). The Hall–Kier alpha value is -1.50. The second-order valence-electron chi connectivity index (χ2n) is 2.81. The van der Waals surface area contributed by atoms with Crippen LogP contribution in [0.2, 0.25) is 0 Å². The van der Waals surface area contributed by atoms with Crippen LogP contribution in [0.25, 0.3) is 0 Å². The highest BCUT2D eigenvalue weighted by molar-refractivity contribution is 7.98. The molecule has 1 heterocycles. The predicted octanol–water partition coefficient (Wildman–Crippen LogP) is 0.0680. The zero-order chi connectivity index (χ0) is 11.3. The van der Waals surface area contributed by atoms with Crippen molar-refractivity contribution in [2.24, 2.45) is 5.73 Å². The molecule has 0 saturated heterocycles. The second kappa shape index (κ2) is 5.40. The average molecular weight is 227 g/mol. The number of aromatic nitrogens is 2. The Kier molecular flexibility index (Phi) is 4.17. The number of carbonyl (C=O) groups is 1. The van der Waals surface area contributed by atoms with Gasteiger partial charge in [0.1, 0.15) is 11.6 Å². The van der Waals surface area contributed by atoms with Crippen molar-refractivity contribution in [2.45, 2.75) is 11.6 Å². The largest absolute Gasteiger partial charge is 0.383 e. The zero-order valence-corrected chi connectivity index (χ0v) is 9.17. The third-order valence-corrected chi connectivity index (χ3v) is 2.13. The van der Waals surface area contributed by atoms with Crippen LogP contribution in [0.15, 0.2) is 11.2 Å². The molecule has 0 spiro atoms. The first-order chi connectivity index (χ1) is 7.11. The van der Waals surface area contributed by atoms with Crippen LogP contribution in [0.3, 0.4) is 0 Å². The van der Waals surface area contributed by atoms with Crippen LogP contribution in [0.4, 0.5) is 11.6 Å². The number of amides is 1. The minimum Gasteiger partial charge on any atom is -0.383 e. The van der Waals surface area contributed by atoms with E-state index in [1.807, 2.05) is 6.26 Å². The van der Waals surface area contributed by atoms with Gasteiger partial charge in [0.05, 0.1) is 0 Å². The van der Waals surface area contributed by atoms with E-state index in [-0.39, 0.29) is 12.3 Å². The van der Waals surface area contributed by atoms with Crippen LogP contribution in [0.5, 0.6) is 0 Å². The molecule has 0 aliphatic rings. The third-order valence-electron chi connectivity index (χ3n) is 1.59. The lowest BCUT2D eigenvalue weighted by atomic mass is 10.4. The molecule has 0 aliphatic carbocycles. The van der Waals surface area contributed by atoms with Gasteiger partial charge < -0.3 is 16.8 Å². The molecule has 6 nitrogen and oxygen atoms in total. The van der Waals surface area contributed by atoms with Crippen molar-refractivity contribution >= 4 is 29.3 Å². The molecule has 0 radical (unpaired) electrons. The molecular weight excluding hydrogens is 214 g/mol. The van der Waals surface area contributed by atoms with Crippen molar-refractivity contribution in [3.05, 3.63) is 6.07 Å².